The summed E-state index contributed by atoms with van der Waals surface area (Å²) in [4.78, 5) is 17.5. The first-order valence-electron chi connectivity index (χ1n) is 8.13. The Morgan fingerprint density at radius 3 is 2.62 bits per heavy atom. The SMILES string of the molecule is CCNC(=NCC(=O)NCCc1ccccc1)NCc1cccs1. The quantitative estimate of drug-likeness (QED) is 0.508. The highest BCUT2D eigenvalue weighted by Gasteiger charge is 2.03. The van der Waals surface area contributed by atoms with Crippen LogP contribution in [0.15, 0.2) is 52.8 Å². The largest absolute Gasteiger partial charge is 0.357 e. The molecule has 1 aromatic heterocycles. The van der Waals surface area contributed by atoms with Crippen molar-refractivity contribution in [1.82, 2.24) is 16.0 Å². The molecule has 1 aromatic carbocycles. The highest BCUT2D eigenvalue weighted by Crippen LogP contribution is 2.07. The standard InChI is InChI=1S/C18H24N4OS/c1-2-19-18(21-13-16-9-6-12-24-16)22-14-17(23)20-11-10-15-7-4-3-5-8-15/h3-9,12H,2,10-11,13-14H2,1H3,(H,20,23)(H2,19,21,22). The van der Waals surface area contributed by atoms with E-state index in [0.29, 0.717) is 19.0 Å². The maximum Gasteiger partial charge on any atom is 0.241 e. The fourth-order valence-corrected chi connectivity index (χ4v) is 2.77. The van der Waals surface area contributed by atoms with E-state index in [9.17, 15) is 4.79 Å². The Hall–Kier alpha value is -2.34. The zero-order valence-electron chi connectivity index (χ0n) is 13.9. The van der Waals surface area contributed by atoms with E-state index in [1.54, 1.807) is 11.3 Å². The minimum Gasteiger partial charge on any atom is -0.357 e. The van der Waals surface area contributed by atoms with E-state index in [-0.39, 0.29) is 12.5 Å². The summed E-state index contributed by atoms with van der Waals surface area (Å²) in [5.74, 6) is 0.586. The molecular formula is C18H24N4OS. The van der Waals surface area contributed by atoms with E-state index in [0.717, 1.165) is 13.0 Å². The molecule has 24 heavy (non-hydrogen) atoms. The first-order chi connectivity index (χ1) is 11.8. The predicted octanol–water partition coefficient (Wildman–Crippen LogP) is 2.16. The molecule has 1 amide bonds. The van der Waals surface area contributed by atoms with Gasteiger partial charge in [-0.05, 0) is 30.4 Å². The molecular weight excluding hydrogens is 320 g/mol. The van der Waals surface area contributed by atoms with Crippen molar-refractivity contribution < 1.29 is 4.79 Å². The molecule has 0 saturated heterocycles. The van der Waals surface area contributed by atoms with Crippen LogP contribution >= 0.6 is 11.3 Å². The summed E-state index contributed by atoms with van der Waals surface area (Å²) in [6.07, 6.45) is 0.826. The topological polar surface area (TPSA) is 65.5 Å². The smallest absolute Gasteiger partial charge is 0.241 e. The van der Waals surface area contributed by atoms with Crippen molar-refractivity contribution in [3.8, 4) is 0 Å². The van der Waals surface area contributed by atoms with Crippen molar-refractivity contribution in [1.29, 1.82) is 0 Å². The minimum absolute atomic E-state index is 0.0701. The van der Waals surface area contributed by atoms with Gasteiger partial charge in [-0.25, -0.2) is 4.99 Å². The van der Waals surface area contributed by atoms with Gasteiger partial charge in [0.25, 0.3) is 0 Å². The summed E-state index contributed by atoms with van der Waals surface area (Å²) in [7, 11) is 0. The van der Waals surface area contributed by atoms with Crippen molar-refractivity contribution in [3.05, 3.63) is 58.3 Å². The average Bonchev–Trinajstić information content (AvgIpc) is 3.12. The maximum absolute atomic E-state index is 11.9. The molecule has 5 nitrogen and oxygen atoms in total. The van der Waals surface area contributed by atoms with Crippen molar-refractivity contribution >= 4 is 23.2 Å². The molecule has 0 atom stereocenters. The number of amides is 1. The van der Waals surface area contributed by atoms with Crippen molar-refractivity contribution in [2.24, 2.45) is 4.99 Å². The Balaban J connectivity index is 1.72. The monoisotopic (exact) mass is 344 g/mol. The van der Waals surface area contributed by atoms with Gasteiger partial charge >= 0.3 is 0 Å². The minimum atomic E-state index is -0.0701. The Bertz CT molecular complexity index is 626. The number of hydrogen-bond acceptors (Lipinski definition) is 3. The fraction of sp³-hybridized carbons (Fsp3) is 0.333. The van der Waals surface area contributed by atoms with Crippen molar-refractivity contribution in [3.63, 3.8) is 0 Å². The number of rotatable bonds is 8. The lowest BCUT2D eigenvalue weighted by molar-refractivity contribution is -0.119. The lowest BCUT2D eigenvalue weighted by atomic mass is 10.1. The molecule has 0 unspecified atom stereocenters. The van der Waals surface area contributed by atoms with Gasteiger partial charge in [0.05, 0.1) is 6.54 Å². The normalized spacial score (nSPS) is 11.1. The van der Waals surface area contributed by atoms with E-state index in [4.69, 9.17) is 0 Å². The molecule has 0 fully saturated rings. The Kier molecular flexibility index (Phi) is 7.83. The highest BCUT2D eigenvalue weighted by atomic mass is 32.1. The van der Waals surface area contributed by atoms with Crippen LogP contribution in [0.5, 0.6) is 0 Å². The summed E-state index contributed by atoms with van der Waals surface area (Å²) in [6.45, 7) is 4.21. The van der Waals surface area contributed by atoms with Gasteiger partial charge in [0.15, 0.2) is 5.96 Å². The van der Waals surface area contributed by atoms with Gasteiger partial charge in [-0.3, -0.25) is 4.79 Å². The number of nitrogens with one attached hydrogen (secondary N) is 3. The summed E-state index contributed by atoms with van der Waals surface area (Å²) in [6, 6.07) is 14.2. The molecule has 1 heterocycles. The van der Waals surface area contributed by atoms with Gasteiger partial charge in [-0.1, -0.05) is 36.4 Å². The van der Waals surface area contributed by atoms with Crippen LogP contribution in [-0.4, -0.2) is 31.5 Å². The van der Waals surface area contributed by atoms with Gasteiger partial charge < -0.3 is 16.0 Å². The van der Waals surface area contributed by atoms with Crippen LogP contribution in [-0.2, 0) is 17.8 Å². The zero-order chi connectivity index (χ0) is 17.0. The molecule has 0 aliphatic carbocycles. The third-order valence-corrected chi connectivity index (χ3v) is 4.19. The Morgan fingerprint density at radius 2 is 1.92 bits per heavy atom. The first-order valence-corrected chi connectivity index (χ1v) is 9.01. The van der Waals surface area contributed by atoms with E-state index in [2.05, 4.69) is 39.1 Å². The summed E-state index contributed by atoms with van der Waals surface area (Å²) < 4.78 is 0. The van der Waals surface area contributed by atoms with Crippen LogP contribution < -0.4 is 16.0 Å². The second-order valence-electron chi connectivity index (χ2n) is 5.21. The Morgan fingerprint density at radius 1 is 1.08 bits per heavy atom. The third kappa shape index (κ3) is 6.83. The molecule has 0 spiro atoms. The molecule has 0 aliphatic rings. The number of nitrogens with zero attached hydrogens (tertiary/aromatic N) is 1. The first kappa shape index (κ1) is 18.0. The molecule has 0 radical (unpaired) electrons. The molecule has 2 rings (SSSR count). The van der Waals surface area contributed by atoms with Crippen LogP contribution in [0, 0.1) is 0 Å². The van der Waals surface area contributed by atoms with Crippen LogP contribution in [0.25, 0.3) is 0 Å². The predicted molar refractivity (Wildman–Crippen MR) is 100 cm³/mol. The number of guanidine groups is 1. The van der Waals surface area contributed by atoms with Gasteiger partial charge in [0.2, 0.25) is 5.91 Å². The lowest BCUT2D eigenvalue weighted by Crippen LogP contribution is -2.38. The number of benzene rings is 1. The molecule has 0 saturated carbocycles. The second kappa shape index (κ2) is 10.4. The van der Waals surface area contributed by atoms with E-state index >= 15 is 0 Å². The molecule has 6 heteroatoms. The summed E-state index contributed by atoms with van der Waals surface area (Å²) >= 11 is 1.69. The van der Waals surface area contributed by atoms with E-state index < -0.39 is 0 Å². The van der Waals surface area contributed by atoms with Crippen LogP contribution in [0.1, 0.15) is 17.4 Å². The molecule has 128 valence electrons. The number of thiophene rings is 1. The maximum atomic E-state index is 11.9. The number of carbonyl (C=O) groups excluding carboxylic acids is 1. The molecule has 3 N–H and O–H groups in total. The lowest BCUT2D eigenvalue weighted by Gasteiger charge is -2.10. The average molecular weight is 344 g/mol. The number of carbonyl (C=O) groups is 1. The second-order valence-corrected chi connectivity index (χ2v) is 6.25. The number of aliphatic imine (C=N–C) groups is 1. The van der Waals surface area contributed by atoms with E-state index in [1.807, 2.05) is 36.6 Å². The fourth-order valence-electron chi connectivity index (χ4n) is 2.12. The Labute approximate surface area is 147 Å². The summed E-state index contributed by atoms with van der Waals surface area (Å²) in [5.41, 5.74) is 1.22. The van der Waals surface area contributed by atoms with Crippen molar-refractivity contribution in [2.75, 3.05) is 19.6 Å². The van der Waals surface area contributed by atoms with E-state index in [1.165, 1.54) is 10.4 Å². The molecule has 2 aromatic rings. The van der Waals surface area contributed by atoms with Crippen LogP contribution in [0.3, 0.4) is 0 Å². The molecule has 0 aliphatic heterocycles. The number of hydrogen-bond donors (Lipinski definition) is 3. The van der Waals surface area contributed by atoms with Crippen LogP contribution in [0.4, 0.5) is 0 Å². The van der Waals surface area contributed by atoms with Gasteiger partial charge in [0, 0.05) is 18.0 Å². The van der Waals surface area contributed by atoms with Gasteiger partial charge in [-0.15, -0.1) is 11.3 Å². The third-order valence-electron chi connectivity index (χ3n) is 3.31. The van der Waals surface area contributed by atoms with Gasteiger partial charge in [0.1, 0.15) is 6.54 Å². The van der Waals surface area contributed by atoms with Crippen molar-refractivity contribution in [2.45, 2.75) is 19.9 Å². The molecule has 0 bridgehead atoms. The van der Waals surface area contributed by atoms with Gasteiger partial charge in [-0.2, -0.15) is 0 Å². The van der Waals surface area contributed by atoms with Crippen LogP contribution in [0.2, 0.25) is 0 Å². The highest BCUT2D eigenvalue weighted by molar-refractivity contribution is 7.09. The zero-order valence-corrected chi connectivity index (χ0v) is 14.7. The summed E-state index contributed by atoms with van der Waals surface area (Å²) in [5, 5.41) is 11.3.